The lowest BCUT2D eigenvalue weighted by Crippen LogP contribution is -2.19. The van der Waals surface area contributed by atoms with E-state index in [0.29, 0.717) is 19.1 Å². The number of nitrogens with one attached hydrogen (secondary N) is 1. The maximum absolute atomic E-state index is 12.0. The molecule has 0 unspecified atom stereocenters. The van der Waals surface area contributed by atoms with Crippen LogP contribution in [0.25, 0.3) is 0 Å². The predicted molar refractivity (Wildman–Crippen MR) is 75.1 cm³/mol. The van der Waals surface area contributed by atoms with E-state index in [1.54, 1.807) is 24.3 Å². The first-order valence-electron chi connectivity index (χ1n) is 6.90. The molecule has 114 valence electrons. The summed E-state index contributed by atoms with van der Waals surface area (Å²) in [5.41, 5.74) is 1.02. The second kappa shape index (κ2) is 9.66. The average Bonchev–Trinajstić information content (AvgIpc) is 2.38. The molecule has 0 bridgehead atoms. The van der Waals surface area contributed by atoms with Crippen molar-refractivity contribution >= 4 is 0 Å². The highest BCUT2D eigenvalue weighted by Gasteiger charge is 2.03. The minimum Gasteiger partial charge on any atom is -0.435 e. The molecule has 0 aliphatic carbocycles. The Morgan fingerprint density at radius 2 is 1.80 bits per heavy atom. The third-order valence-electron chi connectivity index (χ3n) is 2.74. The van der Waals surface area contributed by atoms with Crippen molar-refractivity contribution in [2.24, 2.45) is 5.92 Å². The van der Waals surface area contributed by atoms with Gasteiger partial charge in [-0.15, -0.1) is 0 Å². The SMILES string of the molecule is CC(C)CCOCCNCc1ccc(OC(F)F)cc1. The summed E-state index contributed by atoms with van der Waals surface area (Å²) in [5.74, 6) is 0.845. The third-order valence-corrected chi connectivity index (χ3v) is 2.74. The van der Waals surface area contributed by atoms with E-state index in [0.717, 1.165) is 25.1 Å². The average molecular weight is 287 g/mol. The number of hydrogen-bond donors (Lipinski definition) is 1. The molecule has 1 aromatic carbocycles. The quantitative estimate of drug-likeness (QED) is 0.669. The molecule has 1 N–H and O–H groups in total. The number of ether oxygens (including phenoxy) is 2. The van der Waals surface area contributed by atoms with Crippen molar-refractivity contribution in [3.05, 3.63) is 29.8 Å². The maximum Gasteiger partial charge on any atom is 0.387 e. The topological polar surface area (TPSA) is 30.5 Å². The number of alkyl halides is 2. The molecule has 1 aromatic rings. The van der Waals surface area contributed by atoms with Crippen LogP contribution in [0.1, 0.15) is 25.8 Å². The summed E-state index contributed by atoms with van der Waals surface area (Å²) in [6, 6.07) is 6.62. The van der Waals surface area contributed by atoms with Crippen molar-refractivity contribution in [1.29, 1.82) is 0 Å². The summed E-state index contributed by atoms with van der Waals surface area (Å²) in [6.45, 7) is 4.49. The van der Waals surface area contributed by atoms with Gasteiger partial charge in [0.2, 0.25) is 0 Å². The lowest BCUT2D eigenvalue weighted by Gasteiger charge is -2.08. The first-order chi connectivity index (χ1) is 9.58. The Morgan fingerprint density at radius 1 is 1.10 bits per heavy atom. The van der Waals surface area contributed by atoms with Crippen LogP contribution in [-0.2, 0) is 11.3 Å². The highest BCUT2D eigenvalue weighted by atomic mass is 19.3. The van der Waals surface area contributed by atoms with E-state index in [2.05, 4.69) is 23.9 Å². The summed E-state index contributed by atoms with van der Waals surface area (Å²) >= 11 is 0. The molecule has 0 aromatic heterocycles. The monoisotopic (exact) mass is 287 g/mol. The molecule has 0 saturated carbocycles. The van der Waals surface area contributed by atoms with Gasteiger partial charge in [-0.3, -0.25) is 0 Å². The van der Waals surface area contributed by atoms with Crippen LogP contribution in [0.3, 0.4) is 0 Å². The van der Waals surface area contributed by atoms with Crippen LogP contribution >= 0.6 is 0 Å². The van der Waals surface area contributed by atoms with Crippen LogP contribution in [0.15, 0.2) is 24.3 Å². The number of halogens is 2. The highest BCUT2D eigenvalue weighted by molar-refractivity contribution is 5.27. The van der Waals surface area contributed by atoms with E-state index >= 15 is 0 Å². The van der Waals surface area contributed by atoms with Crippen LogP contribution < -0.4 is 10.1 Å². The van der Waals surface area contributed by atoms with Gasteiger partial charge in [-0.25, -0.2) is 0 Å². The van der Waals surface area contributed by atoms with E-state index in [-0.39, 0.29) is 5.75 Å². The van der Waals surface area contributed by atoms with Gasteiger partial charge in [-0.05, 0) is 30.0 Å². The van der Waals surface area contributed by atoms with E-state index in [9.17, 15) is 8.78 Å². The van der Waals surface area contributed by atoms with E-state index in [1.165, 1.54) is 0 Å². The fraction of sp³-hybridized carbons (Fsp3) is 0.600. The molecule has 0 fully saturated rings. The van der Waals surface area contributed by atoms with Crippen molar-refractivity contribution in [3.63, 3.8) is 0 Å². The van der Waals surface area contributed by atoms with E-state index in [4.69, 9.17) is 4.74 Å². The summed E-state index contributed by atoms with van der Waals surface area (Å²) < 4.78 is 33.7. The maximum atomic E-state index is 12.0. The molecule has 0 saturated heterocycles. The molecule has 3 nitrogen and oxygen atoms in total. The minimum absolute atomic E-state index is 0.181. The van der Waals surface area contributed by atoms with Crippen molar-refractivity contribution in [1.82, 2.24) is 5.32 Å². The lowest BCUT2D eigenvalue weighted by atomic mass is 10.1. The Hall–Kier alpha value is -1.20. The smallest absolute Gasteiger partial charge is 0.387 e. The van der Waals surface area contributed by atoms with Crippen LogP contribution in [-0.4, -0.2) is 26.4 Å². The Kier molecular flexibility index (Phi) is 8.14. The third kappa shape index (κ3) is 8.07. The van der Waals surface area contributed by atoms with Gasteiger partial charge >= 0.3 is 6.61 Å². The molecular formula is C15H23F2NO2. The lowest BCUT2D eigenvalue weighted by molar-refractivity contribution is -0.0498. The first-order valence-corrected chi connectivity index (χ1v) is 6.90. The van der Waals surface area contributed by atoms with E-state index < -0.39 is 6.61 Å². The van der Waals surface area contributed by atoms with Gasteiger partial charge in [0, 0.05) is 19.7 Å². The zero-order chi connectivity index (χ0) is 14.8. The standard InChI is InChI=1S/C15H23F2NO2/c1-12(2)7-9-19-10-8-18-11-13-3-5-14(6-4-13)20-15(16)17/h3-6,12,15,18H,7-11H2,1-2H3. The number of benzene rings is 1. The Balaban J connectivity index is 2.10. The first kappa shape index (κ1) is 16.9. The van der Waals surface area contributed by atoms with Crippen molar-refractivity contribution in [2.75, 3.05) is 19.8 Å². The van der Waals surface area contributed by atoms with Crippen LogP contribution in [0.5, 0.6) is 5.75 Å². The largest absolute Gasteiger partial charge is 0.435 e. The molecule has 1 rings (SSSR count). The van der Waals surface area contributed by atoms with Crippen LogP contribution in [0.2, 0.25) is 0 Å². The summed E-state index contributed by atoms with van der Waals surface area (Å²) in [6.07, 6.45) is 1.07. The minimum atomic E-state index is -2.78. The van der Waals surface area contributed by atoms with Crippen LogP contribution in [0.4, 0.5) is 8.78 Å². The van der Waals surface area contributed by atoms with Crippen molar-refractivity contribution in [2.45, 2.75) is 33.4 Å². The van der Waals surface area contributed by atoms with Gasteiger partial charge in [0.15, 0.2) is 0 Å². The van der Waals surface area contributed by atoms with Gasteiger partial charge in [-0.1, -0.05) is 26.0 Å². The molecular weight excluding hydrogens is 264 g/mol. The van der Waals surface area contributed by atoms with Gasteiger partial charge in [0.1, 0.15) is 5.75 Å². The molecule has 0 amide bonds. The summed E-state index contributed by atoms with van der Waals surface area (Å²) in [7, 11) is 0. The van der Waals surface area contributed by atoms with Gasteiger partial charge < -0.3 is 14.8 Å². The second-order valence-corrected chi connectivity index (χ2v) is 4.99. The van der Waals surface area contributed by atoms with Gasteiger partial charge in [0.25, 0.3) is 0 Å². The normalized spacial score (nSPS) is 11.3. The Labute approximate surface area is 119 Å². The zero-order valence-electron chi connectivity index (χ0n) is 12.1. The fourth-order valence-electron chi connectivity index (χ4n) is 1.59. The van der Waals surface area contributed by atoms with E-state index in [1.807, 2.05) is 0 Å². The summed E-state index contributed by atoms with van der Waals surface area (Å²) in [5, 5.41) is 3.24. The molecule has 0 spiro atoms. The molecule has 20 heavy (non-hydrogen) atoms. The van der Waals surface area contributed by atoms with Crippen LogP contribution in [0, 0.1) is 5.92 Å². The Morgan fingerprint density at radius 3 is 2.40 bits per heavy atom. The molecule has 5 heteroatoms. The number of hydrogen-bond acceptors (Lipinski definition) is 3. The molecule has 0 atom stereocenters. The Bertz CT molecular complexity index is 355. The zero-order valence-corrected chi connectivity index (χ0v) is 12.1. The summed E-state index contributed by atoms with van der Waals surface area (Å²) in [4.78, 5) is 0. The highest BCUT2D eigenvalue weighted by Crippen LogP contribution is 2.14. The molecule has 0 aliphatic rings. The predicted octanol–water partition coefficient (Wildman–Crippen LogP) is 3.44. The molecule has 0 heterocycles. The number of rotatable bonds is 10. The molecule has 0 radical (unpaired) electrons. The van der Waals surface area contributed by atoms with Crippen molar-refractivity contribution < 1.29 is 18.3 Å². The van der Waals surface area contributed by atoms with Gasteiger partial charge in [-0.2, -0.15) is 8.78 Å². The van der Waals surface area contributed by atoms with Crippen molar-refractivity contribution in [3.8, 4) is 5.75 Å². The second-order valence-electron chi connectivity index (χ2n) is 4.99. The fourth-order valence-corrected chi connectivity index (χ4v) is 1.59. The molecule has 0 aliphatic heterocycles. The van der Waals surface area contributed by atoms with Gasteiger partial charge in [0.05, 0.1) is 6.61 Å².